The maximum atomic E-state index is 9.66. The third-order valence-electron chi connectivity index (χ3n) is 1.58. The molecule has 0 aliphatic heterocycles. The molecule has 1 atom stereocenters. The summed E-state index contributed by atoms with van der Waals surface area (Å²) in [5.41, 5.74) is 4.55. The van der Waals surface area contributed by atoms with Crippen molar-refractivity contribution in [2.75, 3.05) is 0 Å². The Hall–Kier alpha value is -0.380. The zero-order valence-corrected chi connectivity index (χ0v) is 7.40. The summed E-state index contributed by atoms with van der Waals surface area (Å²) in [6.07, 6.45) is 1.51. The molecule has 0 spiro atoms. The van der Waals surface area contributed by atoms with Crippen LogP contribution in [0.15, 0.2) is 17.5 Å². The highest BCUT2D eigenvalue weighted by Gasteiger charge is 2.22. The van der Waals surface area contributed by atoms with Crippen LogP contribution in [0.5, 0.6) is 0 Å². The first-order chi connectivity index (χ1) is 5.17. The van der Waals surface area contributed by atoms with Gasteiger partial charge in [0.25, 0.3) is 0 Å². The van der Waals surface area contributed by atoms with Crippen LogP contribution in [0.25, 0.3) is 0 Å². The molecule has 0 amide bonds. The molecule has 0 bridgehead atoms. The van der Waals surface area contributed by atoms with E-state index in [1.165, 1.54) is 11.3 Å². The molecule has 1 aromatic rings. The average Bonchev–Trinajstić information content (AvgIpc) is 2.37. The standard InChI is InChI=1S/C8H13NOS/c1-2-5-8(9,10)7-4-3-6-11-7/h3-4,6,10H,2,5,9H2,1H3/t8-/m0/s1. The molecule has 0 fully saturated rings. The van der Waals surface area contributed by atoms with Gasteiger partial charge in [0.15, 0.2) is 0 Å². The van der Waals surface area contributed by atoms with E-state index in [1.54, 1.807) is 0 Å². The molecule has 0 saturated carbocycles. The number of hydrogen-bond donors (Lipinski definition) is 2. The van der Waals surface area contributed by atoms with Gasteiger partial charge in [0.2, 0.25) is 0 Å². The van der Waals surface area contributed by atoms with Crippen molar-refractivity contribution >= 4 is 11.3 Å². The van der Waals surface area contributed by atoms with Gasteiger partial charge in [0.1, 0.15) is 5.72 Å². The van der Waals surface area contributed by atoms with Gasteiger partial charge < -0.3 is 5.11 Å². The largest absolute Gasteiger partial charge is 0.371 e. The minimum absolute atomic E-state index is 0.619. The van der Waals surface area contributed by atoms with Gasteiger partial charge in [-0.2, -0.15) is 0 Å². The second kappa shape index (κ2) is 3.34. The van der Waals surface area contributed by atoms with E-state index in [1.807, 2.05) is 24.4 Å². The Morgan fingerprint density at radius 3 is 2.91 bits per heavy atom. The molecule has 0 aliphatic rings. The Morgan fingerprint density at radius 1 is 1.73 bits per heavy atom. The van der Waals surface area contributed by atoms with Crippen molar-refractivity contribution in [2.24, 2.45) is 5.73 Å². The summed E-state index contributed by atoms with van der Waals surface area (Å²) in [4.78, 5) is 0.847. The number of thiophene rings is 1. The van der Waals surface area contributed by atoms with Gasteiger partial charge in [0.05, 0.1) is 4.88 Å². The van der Waals surface area contributed by atoms with Crippen molar-refractivity contribution in [1.82, 2.24) is 0 Å². The zero-order valence-electron chi connectivity index (χ0n) is 6.58. The average molecular weight is 171 g/mol. The molecule has 0 radical (unpaired) electrons. The summed E-state index contributed by atoms with van der Waals surface area (Å²) in [5.74, 6) is 0. The van der Waals surface area contributed by atoms with Crippen molar-refractivity contribution in [3.8, 4) is 0 Å². The number of nitrogens with two attached hydrogens (primary N) is 1. The van der Waals surface area contributed by atoms with Crippen molar-refractivity contribution < 1.29 is 5.11 Å². The molecule has 1 rings (SSSR count). The van der Waals surface area contributed by atoms with Crippen molar-refractivity contribution in [3.05, 3.63) is 22.4 Å². The molecule has 62 valence electrons. The molecule has 0 saturated heterocycles. The fraction of sp³-hybridized carbons (Fsp3) is 0.500. The Kier molecular flexibility index (Phi) is 2.65. The summed E-state index contributed by atoms with van der Waals surface area (Å²) in [5, 5.41) is 11.6. The van der Waals surface area contributed by atoms with Gasteiger partial charge in [0, 0.05) is 0 Å². The minimum Gasteiger partial charge on any atom is -0.371 e. The molecule has 1 heterocycles. The highest BCUT2D eigenvalue weighted by Crippen LogP contribution is 2.24. The maximum Gasteiger partial charge on any atom is 0.148 e. The van der Waals surface area contributed by atoms with E-state index in [0.717, 1.165) is 11.3 Å². The van der Waals surface area contributed by atoms with E-state index >= 15 is 0 Å². The van der Waals surface area contributed by atoms with Gasteiger partial charge in [-0.15, -0.1) is 11.3 Å². The highest BCUT2D eigenvalue weighted by molar-refractivity contribution is 7.10. The fourth-order valence-electron chi connectivity index (χ4n) is 1.03. The van der Waals surface area contributed by atoms with E-state index < -0.39 is 5.72 Å². The second-order valence-electron chi connectivity index (χ2n) is 2.65. The van der Waals surface area contributed by atoms with Gasteiger partial charge in [-0.25, -0.2) is 0 Å². The summed E-state index contributed by atoms with van der Waals surface area (Å²) >= 11 is 1.49. The predicted molar refractivity (Wildman–Crippen MR) is 47.3 cm³/mol. The van der Waals surface area contributed by atoms with E-state index in [-0.39, 0.29) is 0 Å². The van der Waals surface area contributed by atoms with Crippen molar-refractivity contribution in [2.45, 2.75) is 25.5 Å². The third-order valence-corrected chi connectivity index (χ3v) is 2.62. The molecule has 0 aliphatic carbocycles. The molecule has 11 heavy (non-hydrogen) atoms. The van der Waals surface area contributed by atoms with Crippen LogP contribution in [0.2, 0.25) is 0 Å². The fourth-order valence-corrected chi connectivity index (χ4v) is 1.80. The molecule has 2 nitrogen and oxygen atoms in total. The smallest absolute Gasteiger partial charge is 0.148 e. The first-order valence-electron chi connectivity index (χ1n) is 3.72. The van der Waals surface area contributed by atoms with E-state index in [0.29, 0.717) is 6.42 Å². The second-order valence-corrected chi connectivity index (χ2v) is 3.60. The van der Waals surface area contributed by atoms with Crippen LogP contribution in [0.4, 0.5) is 0 Å². The first-order valence-corrected chi connectivity index (χ1v) is 4.60. The topological polar surface area (TPSA) is 46.2 Å². The monoisotopic (exact) mass is 171 g/mol. The van der Waals surface area contributed by atoms with Gasteiger partial charge in [-0.3, -0.25) is 5.73 Å². The van der Waals surface area contributed by atoms with E-state index in [2.05, 4.69) is 0 Å². The van der Waals surface area contributed by atoms with Crippen LogP contribution in [0.1, 0.15) is 24.6 Å². The summed E-state index contributed by atoms with van der Waals surface area (Å²) in [7, 11) is 0. The Morgan fingerprint density at radius 2 is 2.45 bits per heavy atom. The SMILES string of the molecule is CCC[C@](N)(O)c1cccs1. The molecular weight excluding hydrogens is 158 g/mol. The lowest BCUT2D eigenvalue weighted by Crippen LogP contribution is -2.34. The molecular formula is C8H13NOS. The lowest BCUT2D eigenvalue weighted by Gasteiger charge is -2.20. The van der Waals surface area contributed by atoms with Crippen LogP contribution in [0, 0.1) is 0 Å². The zero-order chi connectivity index (χ0) is 8.32. The van der Waals surface area contributed by atoms with Crippen LogP contribution in [0.3, 0.4) is 0 Å². The Labute approximate surface area is 70.7 Å². The number of aliphatic hydroxyl groups is 1. The molecule has 0 aromatic carbocycles. The molecule has 1 aromatic heterocycles. The van der Waals surface area contributed by atoms with Crippen molar-refractivity contribution in [1.29, 1.82) is 0 Å². The molecule has 3 heteroatoms. The van der Waals surface area contributed by atoms with Crippen LogP contribution >= 0.6 is 11.3 Å². The molecule has 0 unspecified atom stereocenters. The summed E-state index contributed by atoms with van der Waals surface area (Å²) in [6, 6.07) is 3.76. The Balaban J connectivity index is 2.73. The van der Waals surface area contributed by atoms with Gasteiger partial charge >= 0.3 is 0 Å². The third kappa shape index (κ3) is 2.02. The molecule has 3 N–H and O–H groups in total. The van der Waals surface area contributed by atoms with Crippen LogP contribution < -0.4 is 5.73 Å². The number of hydrogen-bond acceptors (Lipinski definition) is 3. The summed E-state index contributed by atoms with van der Waals surface area (Å²) in [6.45, 7) is 2.01. The Bertz CT molecular complexity index is 206. The van der Waals surface area contributed by atoms with E-state index in [9.17, 15) is 5.11 Å². The normalized spacial score (nSPS) is 16.3. The van der Waals surface area contributed by atoms with Crippen LogP contribution in [-0.4, -0.2) is 5.11 Å². The van der Waals surface area contributed by atoms with Gasteiger partial charge in [-0.1, -0.05) is 19.4 Å². The minimum atomic E-state index is -1.11. The maximum absolute atomic E-state index is 9.66. The van der Waals surface area contributed by atoms with E-state index in [4.69, 9.17) is 5.73 Å². The lowest BCUT2D eigenvalue weighted by atomic mass is 10.1. The predicted octanol–water partition coefficient (Wildman–Crippen LogP) is 1.65. The first kappa shape index (κ1) is 8.71. The lowest BCUT2D eigenvalue weighted by molar-refractivity contribution is 0.0373. The quantitative estimate of drug-likeness (QED) is 0.679. The number of rotatable bonds is 3. The van der Waals surface area contributed by atoms with Gasteiger partial charge in [-0.05, 0) is 17.9 Å². The van der Waals surface area contributed by atoms with Crippen molar-refractivity contribution in [3.63, 3.8) is 0 Å². The van der Waals surface area contributed by atoms with Crippen LogP contribution in [-0.2, 0) is 5.72 Å². The highest BCUT2D eigenvalue weighted by atomic mass is 32.1. The summed E-state index contributed by atoms with van der Waals surface area (Å²) < 4.78 is 0.